The van der Waals surface area contributed by atoms with Gasteiger partial charge in [0.05, 0.1) is 18.7 Å². The summed E-state index contributed by atoms with van der Waals surface area (Å²) in [5.74, 6) is 1.78. The average molecular weight is 696 g/mol. The lowest BCUT2D eigenvalue weighted by Gasteiger charge is -2.51. The monoisotopic (exact) mass is 695 g/mol. The lowest BCUT2D eigenvalue weighted by molar-refractivity contribution is 0.00171. The number of carbonyl (C=O) groups excluding carboxylic acids is 1. The molecule has 6 heteroatoms. The number of aromatic nitrogens is 1. The van der Waals surface area contributed by atoms with E-state index in [2.05, 4.69) is 113 Å². The Kier molecular flexibility index (Phi) is 9.89. The molecule has 3 aliphatic rings. The van der Waals surface area contributed by atoms with Crippen molar-refractivity contribution in [2.75, 3.05) is 20.2 Å². The van der Waals surface area contributed by atoms with Crippen LogP contribution in [0.4, 0.5) is 0 Å². The number of aryl methyl sites for hydroxylation is 6. The highest BCUT2D eigenvalue weighted by Gasteiger charge is 2.43. The van der Waals surface area contributed by atoms with Crippen molar-refractivity contribution in [2.24, 2.45) is 11.8 Å². The van der Waals surface area contributed by atoms with E-state index in [1.807, 2.05) is 30.5 Å². The third kappa shape index (κ3) is 6.63. The molecule has 1 N–H and O–H groups in total. The standard InChI is InChI=1S/C45H50N3O2P/c1-9-33-26-48-19-17-34(33)24-40(48)42(36-16-18-46-39-15-14-35(50-8)25-38(36)39)47-45(49)37-12-10-11-13-41(37)51(43-29(4)20-27(2)21-30(43)5)44-31(6)22-28(3)23-32(44)7/h9-16,18,20-23,25,33-34,40,42H,1,17,19,24,26H2,2-8H3,(H,47,49)/t33?,34?,40?,42-/m0/s1. The summed E-state index contributed by atoms with van der Waals surface area (Å²) in [7, 11) is 0.638. The number of carbonyl (C=O) groups is 1. The zero-order valence-electron chi connectivity index (χ0n) is 31.1. The second-order valence-corrected chi connectivity index (χ2v) is 16.9. The highest BCUT2D eigenvalue weighted by Crippen LogP contribution is 2.43. The Balaban J connectivity index is 1.38. The van der Waals surface area contributed by atoms with Crippen molar-refractivity contribution in [3.63, 3.8) is 0 Å². The van der Waals surface area contributed by atoms with Gasteiger partial charge in [0.1, 0.15) is 5.75 Å². The second-order valence-electron chi connectivity index (χ2n) is 14.8. The maximum absolute atomic E-state index is 15.1. The number of piperidine rings is 3. The Morgan fingerprint density at radius 2 is 1.57 bits per heavy atom. The molecule has 4 unspecified atom stereocenters. The van der Waals surface area contributed by atoms with Gasteiger partial charge in [0.15, 0.2) is 0 Å². The minimum absolute atomic E-state index is 0.0382. The molecule has 8 rings (SSSR count). The van der Waals surface area contributed by atoms with Crippen LogP contribution in [-0.4, -0.2) is 42.0 Å². The van der Waals surface area contributed by atoms with Gasteiger partial charge in [-0.15, -0.1) is 6.58 Å². The number of nitrogens with one attached hydrogen (secondary N) is 1. The summed E-state index contributed by atoms with van der Waals surface area (Å²) in [6.45, 7) is 19.4. The molecule has 0 saturated carbocycles. The predicted molar refractivity (Wildman–Crippen MR) is 214 cm³/mol. The zero-order chi connectivity index (χ0) is 36.0. The van der Waals surface area contributed by atoms with Gasteiger partial charge in [-0.05, 0) is 155 Å². The molecule has 0 radical (unpaired) electrons. The first kappa shape index (κ1) is 35.1. The number of fused-ring (bicyclic) bond motifs is 4. The number of methoxy groups -OCH3 is 1. The molecule has 4 heterocycles. The lowest BCUT2D eigenvalue weighted by Crippen LogP contribution is -2.57. The summed E-state index contributed by atoms with van der Waals surface area (Å²) in [4.78, 5) is 22.4. The van der Waals surface area contributed by atoms with Gasteiger partial charge in [-0.2, -0.15) is 0 Å². The molecule has 262 valence electrons. The van der Waals surface area contributed by atoms with Crippen molar-refractivity contribution in [3.8, 4) is 5.75 Å². The summed E-state index contributed by atoms with van der Waals surface area (Å²) in [5, 5.41) is 8.45. The fourth-order valence-electron chi connectivity index (χ4n) is 9.13. The normalized spacial score (nSPS) is 20.4. The largest absolute Gasteiger partial charge is 0.497 e. The molecule has 1 aromatic heterocycles. The van der Waals surface area contributed by atoms with Crippen molar-refractivity contribution in [1.29, 1.82) is 0 Å². The van der Waals surface area contributed by atoms with Crippen LogP contribution in [-0.2, 0) is 0 Å². The number of amides is 1. The molecule has 4 aromatic carbocycles. The van der Waals surface area contributed by atoms with Crippen molar-refractivity contribution in [1.82, 2.24) is 15.2 Å². The Bertz CT molecular complexity index is 2040. The van der Waals surface area contributed by atoms with Crippen LogP contribution in [0.5, 0.6) is 5.75 Å². The van der Waals surface area contributed by atoms with E-state index in [1.165, 1.54) is 44.0 Å². The van der Waals surface area contributed by atoms with Crippen LogP contribution in [0.25, 0.3) is 10.9 Å². The SMILES string of the molecule is C=CC1CN2CCC1CC2[C@@H](NC(=O)c1ccccc1P(c1c(C)cc(C)cc1C)c1c(C)cc(C)cc1C)c1ccnc2ccc(OC)cc12. The van der Waals surface area contributed by atoms with Crippen LogP contribution in [0.1, 0.15) is 68.2 Å². The third-order valence-electron chi connectivity index (χ3n) is 11.3. The minimum atomic E-state index is -1.06. The molecular weight excluding hydrogens is 645 g/mol. The smallest absolute Gasteiger partial charge is 0.252 e. The first-order valence-corrected chi connectivity index (χ1v) is 19.6. The quantitative estimate of drug-likeness (QED) is 0.125. The number of nitrogens with zero attached hydrogens (tertiary/aromatic N) is 2. The number of rotatable bonds is 9. The van der Waals surface area contributed by atoms with Crippen LogP contribution in [0.15, 0.2) is 91.6 Å². The molecule has 51 heavy (non-hydrogen) atoms. The van der Waals surface area contributed by atoms with Crippen LogP contribution in [0, 0.1) is 53.4 Å². The third-order valence-corrected chi connectivity index (χ3v) is 14.4. The van der Waals surface area contributed by atoms with Crippen LogP contribution in [0.3, 0.4) is 0 Å². The molecule has 1 amide bonds. The number of ether oxygens (including phenoxy) is 1. The van der Waals surface area contributed by atoms with E-state index < -0.39 is 7.92 Å². The summed E-state index contributed by atoms with van der Waals surface area (Å²) in [5.41, 5.74) is 10.3. The first-order chi connectivity index (χ1) is 24.6. The van der Waals surface area contributed by atoms with E-state index in [0.29, 0.717) is 11.8 Å². The lowest BCUT2D eigenvalue weighted by atomic mass is 9.73. The predicted octanol–water partition coefficient (Wildman–Crippen LogP) is 8.22. The van der Waals surface area contributed by atoms with Crippen LogP contribution in [0.2, 0.25) is 0 Å². The fraction of sp³-hybridized carbons (Fsp3) is 0.333. The number of hydrogen-bond acceptors (Lipinski definition) is 4. The molecule has 3 aliphatic heterocycles. The summed E-state index contributed by atoms with van der Waals surface area (Å²) < 4.78 is 5.68. The fourth-order valence-corrected chi connectivity index (χ4v) is 12.2. The molecule has 3 saturated heterocycles. The Labute approximate surface area is 304 Å². The second kappa shape index (κ2) is 14.4. The van der Waals surface area contributed by atoms with Gasteiger partial charge in [-0.25, -0.2) is 0 Å². The van der Waals surface area contributed by atoms with E-state index in [1.54, 1.807) is 7.11 Å². The Morgan fingerprint density at radius 1 is 0.922 bits per heavy atom. The minimum Gasteiger partial charge on any atom is -0.497 e. The van der Waals surface area contributed by atoms with Crippen LogP contribution >= 0.6 is 7.92 Å². The number of pyridine rings is 1. The van der Waals surface area contributed by atoms with Crippen molar-refractivity contribution in [2.45, 2.75) is 66.5 Å². The van der Waals surface area contributed by atoms with Gasteiger partial charge in [-0.1, -0.05) is 59.7 Å². The van der Waals surface area contributed by atoms with Gasteiger partial charge in [-0.3, -0.25) is 14.7 Å². The van der Waals surface area contributed by atoms with Crippen LogP contribution < -0.4 is 26.0 Å². The Morgan fingerprint density at radius 3 is 2.16 bits per heavy atom. The van der Waals surface area contributed by atoms with Gasteiger partial charge < -0.3 is 10.1 Å². The molecule has 5 nitrogen and oxygen atoms in total. The first-order valence-electron chi connectivity index (χ1n) is 18.2. The maximum Gasteiger partial charge on any atom is 0.252 e. The van der Waals surface area contributed by atoms with Gasteiger partial charge in [0.25, 0.3) is 5.91 Å². The van der Waals surface area contributed by atoms with Crippen molar-refractivity contribution < 1.29 is 9.53 Å². The summed E-state index contributed by atoms with van der Waals surface area (Å²) >= 11 is 0. The maximum atomic E-state index is 15.1. The molecule has 0 aliphatic carbocycles. The molecule has 0 spiro atoms. The molecule has 2 bridgehead atoms. The van der Waals surface area contributed by atoms with Gasteiger partial charge in [0.2, 0.25) is 0 Å². The topological polar surface area (TPSA) is 54.5 Å². The van der Waals surface area contributed by atoms with Gasteiger partial charge >= 0.3 is 0 Å². The van der Waals surface area contributed by atoms with E-state index in [0.717, 1.165) is 59.0 Å². The van der Waals surface area contributed by atoms with E-state index in [-0.39, 0.29) is 18.0 Å². The number of benzene rings is 4. The van der Waals surface area contributed by atoms with Gasteiger partial charge in [0, 0.05) is 29.7 Å². The van der Waals surface area contributed by atoms with E-state index in [4.69, 9.17) is 9.72 Å². The molecular formula is C45H50N3O2P. The highest BCUT2D eigenvalue weighted by atomic mass is 31.1. The molecule has 5 aromatic rings. The summed E-state index contributed by atoms with van der Waals surface area (Å²) in [6.07, 6.45) is 6.19. The Hall–Kier alpha value is -4.31. The van der Waals surface area contributed by atoms with E-state index >= 15 is 4.79 Å². The van der Waals surface area contributed by atoms with E-state index in [9.17, 15) is 0 Å². The highest BCUT2D eigenvalue weighted by molar-refractivity contribution is 7.80. The van der Waals surface area contributed by atoms with Crippen molar-refractivity contribution in [3.05, 3.63) is 136 Å². The molecule has 5 atom stereocenters. The van der Waals surface area contributed by atoms with Crippen molar-refractivity contribution >= 4 is 40.6 Å². The average Bonchev–Trinajstić information content (AvgIpc) is 3.12. The zero-order valence-corrected chi connectivity index (χ0v) is 32.0. The number of hydrogen-bond donors (Lipinski definition) is 1. The molecule has 3 fully saturated rings. The summed E-state index contributed by atoms with van der Waals surface area (Å²) in [6, 6.07) is 25.5.